The summed E-state index contributed by atoms with van der Waals surface area (Å²) in [5.74, 6) is -3.05. The first-order chi connectivity index (χ1) is 9.57. The van der Waals surface area contributed by atoms with Crippen LogP contribution < -0.4 is 9.46 Å². The van der Waals surface area contributed by atoms with Crippen molar-refractivity contribution >= 4 is 16.0 Å². The summed E-state index contributed by atoms with van der Waals surface area (Å²) in [4.78, 5) is 9.73. The van der Waals surface area contributed by atoms with Gasteiger partial charge in [0.1, 0.15) is 12.3 Å². The van der Waals surface area contributed by atoms with Crippen LogP contribution in [-0.2, 0) is 19.6 Å². The van der Waals surface area contributed by atoms with Crippen LogP contribution in [0.1, 0.15) is 0 Å². The minimum Gasteiger partial charge on any atom is -0.506 e. The topological polar surface area (TPSA) is 102 Å². The molecule has 0 radical (unpaired) electrons. The van der Waals surface area contributed by atoms with E-state index in [1.807, 2.05) is 0 Å². The van der Waals surface area contributed by atoms with Crippen molar-refractivity contribution in [2.75, 3.05) is 13.7 Å². The minimum absolute atomic E-state index is 0.708. The van der Waals surface area contributed by atoms with E-state index < -0.39 is 45.3 Å². The monoisotopic (exact) mass is 329 g/mol. The fraction of sp³-hybridized carbons (Fsp3) is 0.300. The molecule has 0 saturated heterocycles. The third-order valence-electron chi connectivity index (χ3n) is 2.09. The van der Waals surface area contributed by atoms with Crippen molar-refractivity contribution in [3.63, 3.8) is 0 Å². The van der Waals surface area contributed by atoms with Crippen LogP contribution in [0.25, 0.3) is 0 Å². The molecule has 0 fully saturated rings. The molecule has 1 rings (SSSR count). The van der Waals surface area contributed by atoms with Crippen molar-refractivity contribution in [3.05, 3.63) is 18.2 Å². The maximum atomic E-state index is 12.2. The Morgan fingerprint density at radius 3 is 2.52 bits per heavy atom. The highest BCUT2D eigenvalue weighted by atomic mass is 32.2. The second-order valence-electron chi connectivity index (χ2n) is 3.55. The third-order valence-corrected chi connectivity index (χ3v) is 3.56. The Morgan fingerprint density at radius 1 is 1.38 bits per heavy atom. The zero-order valence-corrected chi connectivity index (χ0v) is 11.3. The number of ether oxygens (including phenoxy) is 2. The van der Waals surface area contributed by atoms with E-state index in [1.54, 1.807) is 4.72 Å². The Morgan fingerprint density at radius 2 is 2.00 bits per heavy atom. The molecule has 0 bridgehead atoms. The highest BCUT2D eigenvalue weighted by molar-refractivity contribution is 7.89. The first kappa shape index (κ1) is 17.0. The molecule has 0 saturated carbocycles. The smallest absolute Gasteiger partial charge is 0.506 e. The number of nitrogens with one attached hydrogen (secondary N) is 1. The van der Waals surface area contributed by atoms with Gasteiger partial charge in [0.25, 0.3) is 0 Å². The van der Waals surface area contributed by atoms with Crippen LogP contribution in [-0.4, -0.2) is 39.5 Å². The number of hydrogen-bond acceptors (Lipinski definition) is 6. The molecule has 7 nitrogen and oxygen atoms in total. The maximum absolute atomic E-state index is 12.2. The predicted molar refractivity (Wildman–Crippen MR) is 62.0 cm³/mol. The van der Waals surface area contributed by atoms with Gasteiger partial charge in [0, 0.05) is 0 Å². The van der Waals surface area contributed by atoms with Gasteiger partial charge >= 0.3 is 12.3 Å². The number of benzene rings is 1. The maximum Gasteiger partial charge on any atom is 0.573 e. The van der Waals surface area contributed by atoms with Crippen molar-refractivity contribution in [3.8, 4) is 11.5 Å². The number of phenols is 1. The first-order valence-corrected chi connectivity index (χ1v) is 6.69. The molecular formula is C10H10F3NO6S. The fourth-order valence-corrected chi connectivity index (χ4v) is 2.45. The number of methoxy groups -OCH3 is 1. The number of carbonyl (C=O) groups excluding carboxylic acids is 1. The third kappa shape index (κ3) is 4.79. The van der Waals surface area contributed by atoms with Gasteiger partial charge in [-0.3, -0.25) is 4.79 Å². The number of esters is 1. The highest BCUT2D eigenvalue weighted by Crippen LogP contribution is 2.35. The zero-order chi connectivity index (χ0) is 16.3. The molecule has 1 aromatic rings. The van der Waals surface area contributed by atoms with Crippen LogP contribution in [0.2, 0.25) is 0 Å². The number of carbonyl (C=O) groups is 1. The van der Waals surface area contributed by atoms with Crippen molar-refractivity contribution in [1.82, 2.24) is 4.72 Å². The Bertz CT molecular complexity index is 628. The van der Waals surface area contributed by atoms with Gasteiger partial charge in [0.2, 0.25) is 10.0 Å². The molecule has 0 aliphatic heterocycles. The van der Waals surface area contributed by atoms with E-state index in [1.165, 1.54) is 0 Å². The molecule has 0 unspecified atom stereocenters. The van der Waals surface area contributed by atoms with E-state index in [-0.39, 0.29) is 0 Å². The van der Waals surface area contributed by atoms with E-state index in [0.29, 0.717) is 6.07 Å². The molecule has 21 heavy (non-hydrogen) atoms. The molecule has 0 aliphatic rings. The van der Waals surface area contributed by atoms with Gasteiger partial charge in [0.15, 0.2) is 10.6 Å². The number of rotatable bonds is 5. The van der Waals surface area contributed by atoms with E-state index in [9.17, 15) is 31.5 Å². The molecule has 0 aromatic heterocycles. The highest BCUT2D eigenvalue weighted by Gasteiger charge is 2.35. The molecule has 0 atom stereocenters. The average molecular weight is 329 g/mol. The second-order valence-corrected chi connectivity index (χ2v) is 5.26. The summed E-state index contributed by atoms with van der Waals surface area (Å²) in [6.45, 7) is -0.821. The molecular weight excluding hydrogens is 319 g/mol. The van der Waals surface area contributed by atoms with Crippen molar-refractivity contribution in [2.45, 2.75) is 11.3 Å². The second kappa shape index (κ2) is 6.18. The van der Waals surface area contributed by atoms with E-state index in [2.05, 4.69) is 9.47 Å². The number of sulfonamides is 1. The first-order valence-electron chi connectivity index (χ1n) is 5.21. The molecule has 2 N–H and O–H groups in total. The van der Waals surface area contributed by atoms with Crippen molar-refractivity contribution in [1.29, 1.82) is 0 Å². The Kier molecular flexibility index (Phi) is 5.01. The van der Waals surface area contributed by atoms with E-state index >= 15 is 0 Å². The van der Waals surface area contributed by atoms with Gasteiger partial charge in [0.05, 0.1) is 7.11 Å². The summed E-state index contributed by atoms with van der Waals surface area (Å²) >= 11 is 0. The quantitative estimate of drug-likeness (QED) is 0.773. The molecule has 1 aromatic carbocycles. The normalized spacial score (nSPS) is 12.0. The lowest BCUT2D eigenvalue weighted by Gasteiger charge is -2.14. The molecule has 0 spiro atoms. The zero-order valence-electron chi connectivity index (χ0n) is 10.5. The summed E-state index contributed by atoms with van der Waals surface area (Å²) in [5.41, 5.74) is 0. The van der Waals surface area contributed by atoms with Gasteiger partial charge in [-0.1, -0.05) is 6.07 Å². The molecule has 0 aliphatic carbocycles. The largest absolute Gasteiger partial charge is 0.573 e. The van der Waals surface area contributed by atoms with Gasteiger partial charge in [-0.15, -0.1) is 13.2 Å². The van der Waals surface area contributed by atoms with E-state index in [0.717, 1.165) is 19.2 Å². The number of aromatic hydroxyl groups is 1. The average Bonchev–Trinajstić information content (AvgIpc) is 2.33. The van der Waals surface area contributed by atoms with E-state index in [4.69, 9.17) is 0 Å². The lowest BCUT2D eigenvalue weighted by molar-refractivity contribution is -0.275. The van der Waals surface area contributed by atoms with Crippen LogP contribution in [0.3, 0.4) is 0 Å². The Hall–Kier alpha value is -2.01. The van der Waals surface area contributed by atoms with Crippen molar-refractivity contribution in [2.24, 2.45) is 0 Å². The molecule has 118 valence electrons. The lowest BCUT2D eigenvalue weighted by atomic mass is 10.3. The lowest BCUT2D eigenvalue weighted by Crippen LogP contribution is -2.31. The van der Waals surface area contributed by atoms with Crippen LogP contribution in [0, 0.1) is 0 Å². The van der Waals surface area contributed by atoms with Gasteiger partial charge in [-0.2, -0.15) is 4.72 Å². The molecule has 11 heteroatoms. The summed E-state index contributed by atoms with van der Waals surface area (Å²) in [7, 11) is -3.63. The standard InChI is InChI=1S/C10H10F3NO6S/c1-19-8(16)5-14-21(17,18)9-6(15)3-2-4-7(9)20-10(11,12)13/h2-4,14-15H,5H2,1H3. The van der Waals surface area contributed by atoms with Gasteiger partial charge in [-0.05, 0) is 12.1 Å². The summed E-state index contributed by atoms with van der Waals surface area (Å²) in [6.07, 6.45) is -5.15. The Balaban J connectivity index is 3.18. The van der Waals surface area contributed by atoms with Gasteiger partial charge in [-0.25, -0.2) is 8.42 Å². The predicted octanol–water partition coefficient (Wildman–Crippen LogP) is 0.742. The fourth-order valence-electron chi connectivity index (χ4n) is 1.28. The van der Waals surface area contributed by atoms with Gasteiger partial charge < -0.3 is 14.6 Å². The summed E-state index contributed by atoms with van der Waals surface area (Å²) in [5, 5.41) is 9.46. The van der Waals surface area contributed by atoms with Crippen LogP contribution >= 0.6 is 0 Å². The number of hydrogen-bond donors (Lipinski definition) is 2. The van der Waals surface area contributed by atoms with Crippen LogP contribution in [0.5, 0.6) is 11.5 Å². The minimum atomic E-state index is -5.15. The summed E-state index contributed by atoms with van der Waals surface area (Å²) in [6, 6.07) is 2.53. The number of halogens is 3. The summed E-state index contributed by atoms with van der Waals surface area (Å²) < 4.78 is 69.8. The Labute approximate surface area is 117 Å². The van der Waals surface area contributed by atoms with Crippen LogP contribution in [0.4, 0.5) is 13.2 Å². The SMILES string of the molecule is COC(=O)CNS(=O)(=O)c1c(O)cccc1OC(F)(F)F. The van der Waals surface area contributed by atoms with Crippen LogP contribution in [0.15, 0.2) is 23.1 Å². The number of phenolic OH excluding ortho intramolecular Hbond substituents is 1. The van der Waals surface area contributed by atoms with Crippen molar-refractivity contribution < 1.29 is 41.0 Å². The molecule has 0 heterocycles. The number of alkyl halides is 3. The molecule has 0 amide bonds.